The number of aromatic nitrogens is 4. The van der Waals surface area contributed by atoms with Crippen LogP contribution in [-0.4, -0.2) is 33.0 Å². The molecular weight excluding hydrogens is 432 g/mol. The fourth-order valence-corrected chi connectivity index (χ4v) is 4.55. The van der Waals surface area contributed by atoms with Crippen LogP contribution in [0, 0.1) is 0 Å². The minimum atomic E-state index is 0.567. The van der Waals surface area contributed by atoms with Crippen LogP contribution in [0.5, 0.6) is 11.5 Å². The van der Waals surface area contributed by atoms with Gasteiger partial charge in [0.05, 0.1) is 18.2 Å². The Morgan fingerprint density at radius 1 is 0.968 bits per heavy atom. The lowest BCUT2D eigenvalue weighted by molar-refractivity contribution is 0.297. The van der Waals surface area contributed by atoms with Gasteiger partial charge in [0.15, 0.2) is 22.5 Å². The van der Waals surface area contributed by atoms with Gasteiger partial charge in [0.25, 0.3) is 0 Å². The van der Waals surface area contributed by atoms with E-state index in [-0.39, 0.29) is 0 Å². The minimum absolute atomic E-state index is 0.567. The SMILES string of the molecule is Clc1cc(CSc2nnc(-c3ccncc3)n2-c2ccccc2)cc2c1OCCCO2. The monoisotopic (exact) mass is 450 g/mol. The topological polar surface area (TPSA) is 62.1 Å². The smallest absolute Gasteiger partial charge is 0.196 e. The Hall–Kier alpha value is -3.03. The molecule has 3 heterocycles. The number of para-hydroxylation sites is 1. The van der Waals surface area contributed by atoms with Crippen LogP contribution in [0.4, 0.5) is 0 Å². The zero-order valence-electron chi connectivity index (χ0n) is 16.6. The Morgan fingerprint density at radius 3 is 2.61 bits per heavy atom. The molecule has 0 fully saturated rings. The van der Waals surface area contributed by atoms with E-state index in [9.17, 15) is 0 Å². The van der Waals surface area contributed by atoms with Crippen molar-refractivity contribution in [1.82, 2.24) is 19.7 Å². The van der Waals surface area contributed by atoms with Crippen LogP contribution in [-0.2, 0) is 5.75 Å². The van der Waals surface area contributed by atoms with E-state index in [1.165, 1.54) is 0 Å². The number of pyridine rings is 1. The predicted molar refractivity (Wildman–Crippen MR) is 121 cm³/mol. The van der Waals surface area contributed by atoms with Crippen LogP contribution in [0.1, 0.15) is 12.0 Å². The molecule has 0 bridgehead atoms. The second-order valence-corrected chi connectivity index (χ2v) is 8.31. The molecule has 31 heavy (non-hydrogen) atoms. The van der Waals surface area contributed by atoms with Gasteiger partial charge in [-0.2, -0.15) is 0 Å². The van der Waals surface area contributed by atoms with E-state index < -0.39 is 0 Å². The molecule has 0 atom stereocenters. The summed E-state index contributed by atoms with van der Waals surface area (Å²) in [6.45, 7) is 1.23. The van der Waals surface area contributed by atoms with Gasteiger partial charge in [-0.3, -0.25) is 9.55 Å². The molecule has 6 nitrogen and oxygen atoms in total. The number of rotatable bonds is 5. The highest BCUT2D eigenvalue weighted by molar-refractivity contribution is 7.98. The molecule has 0 spiro atoms. The molecule has 0 radical (unpaired) electrons. The van der Waals surface area contributed by atoms with Gasteiger partial charge in [-0.1, -0.05) is 41.6 Å². The fraction of sp³-hybridized carbons (Fsp3) is 0.174. The van der Waals surface area contributed by atoms with Crippen molar-refractivity contribution in [3.8, 4) is 28.6 Å². The average molecular weight is 451 g/mol. The molecule has 0 N–H and O–H groups in total. The summed E-state index contributed by atoms with van der Waals surface area (Å²) in [4.78, 5) is 4.11. The third-order valence-electron chi connectivity index (χ3n) is 4.82. The number of benzene rings is 2. The summed E-state index contributed by atoms with van der Waals surface area (Å²) in [6.07, 6.45) is 4.35. The summed E-state index contributed by atoms with van der Waals surface area (Å²) in [5.74, 6) is 2.76. The van der Waals surface area contributed by atoms with Gasteiger partial charge in [0.2, 0.25) is 0 Å². The number of hydrogen-bond donors (Lipinski definition) is 0. The van der Waals surface area contributed by atoms with E-state index in [1.54, 1.807) is 24.2 Å². The average Bonchev–Trinajstić information content (AvgIpc) is 3.09. The lowest BCUT2D eigenvalue weighted by atomic mass is 10.2. The molecule has 156 valence electrons. The van der Waals surface area contributed by atoms with Crippen LogP contribution in [0.25, 0.3) is 17.1 Å². The molecule has 2 aromatic carbocycles. The number of ether oxygens (including phenoxy) is 2. The zero-order valence-corrected chi connectivity index (χ0v) is 18.1. The van der Waals surface area contributed by atoms with E-state index in [0.29, 0.717) is 35.5 Å². The Labute approximate surface area is 189 Å². The fourth-order valence-electron chi connectivity index (χ4n) is 3.38. The highest BCUT2D eigenvalue weighted by Gasteiger charge is 2.18. The van der Waals surface area contributed by atoms with E-state index in [0.717, 1.165) is 34.2 Å². The molecule has 4 aromatic rings. The Bertz CT molecular complexity index is 1190. The third kappa shape index (κ3) is 4.24. The van der Waals surface area contributed by atoms with Crippen molar-refractivity contribution in [3.05, 3.63) is 77.6 Å². The lowest BCUT2D eigenvalue weighted by Crippen LogP contribution is -2.00. The molecule has 0 saturated heterocycles. The maximum atomic E-state index is 6.46. The molecule has 1 aliphatic rings. The number of hydrogen-bond acceptors (Lipinski definition) is 6. The van der Waals surface area contributed by atoms with Crippen LogP contribution in [0.3, 0.4) is 0 Å². The van der Waals surface area contributed by atoms with E-state index in [2.05, 4.69) is 19.7 Å². The highest BCUT2D eigenvalue weighted by Crippen LogP contribution is 2.39. The molecule has 2 aromatic heterocycles. The van der Waals surface area contributed by atoms with Crippen molar-refractivity contribution in [2.24, 2.45) is 0 Å². The van der Waals surface area contributed by atoms with Crippen LogP contribution >= 0.6 is 23.4 Å². The Morgan fingerprint density at radius 2 is 1.77 bits per heavy atom. The molecule has 0 aliphatic carbocycles. The molecule has 5 rings (SSSR count). The van der Waals surface area contributed by atoms with E-state index in [4.69, 9.17) is 21.1 Å². The summed E-state index contributed by atoms with van der Waals surface area (Å²) < 4.78 is 13.6. The zero-order chi connectivity index (χ0) is 21.0. The quantitative estimate of drug-likeness (QED) is 0.377. The van der Waals surface area contributed by atoms with Crippen molar-refractivity contribution in [2.75, 3.05) is 13.2 Å². The molecule has 0 saturated carbocycles. The van der Waals surface area contributed by atoms with Crippen LogP contribution in [0.2, 0.25) is 5.02 Å². The lowest BCUT2D eigenvalue weighted by Gasteiger charge is -2.12. The second kappa shape index (κ2) is 8.99. The maximum Gasteiger partial charge on any atom is 0.196 e. The largest absolute Gasteiger partial charge is 0.489 e. The van der Waals surface area contributed by atoms with Gasteiger partial charge in [-0.05, 0) is 42.0 Å². The Balaban J connectivity index is 1.47. The van der Waals surface area contributed by atoms with Crippen molar-refractivity contribution >= 4 is 23.4 Å². The third-order valence-corrected chi connectivity index (χ3v) is 6.10. The van der Waals surface area contributed by atoms with Crippen molar-refractivity contribution < 1.29 is 9.47 Å². The van der Waals surface area contributed by atoms with Crippen molar-refractivity contribution in [2.45, 2.75) is 17.3 Å². The molecule has 8 heteroatoms. The van der Waals surface area contributed by atoms with Gasteiger partial charge in [-0.15, -0.1) is 10.2 Å². The normalized spacial score (nSPS) is 13.1. The van der Waals surface area contributed by atoms with Crippen molar-refractivity contribution in [1.29, 1.82) is 0 Å². The predicted octanol–water partition coefficient (Wildman–Crippen LogP) is 5.44. The number of nitrogens with zero attached hydrogens (tertiary/aromatic N) is 4. The van der Waals surface area contributed by atoms with E-state index >= 15 is 0 Å². The maximum absolute atomic E-state index is 6.46. The van der Waals surface area contributed by atoms with Crippen LogP contribution in [0.15, 0.2) is 72.1 Å². The molecule has 0 unspecified atom stereocenters. The van der Waals surface area contributed by atoms with E-state index in [1.807, 2.05) is 54.6 Å². The van der Waals surface area contributed by atoms with Gasteiger partial charge in [-0.25, -0.2) is 0 Å². The van der Waals surface area contributed by atoms with Gasteiger partial charge in [0.1, 0.15) is 0 Å². The first-order valence-corrected chi connectivity index (χ1v) is 11.3. The second-order valence-electron chi connectivity index (χ2n) is 6.96. The summed E-state index contributed by atoms with van der Waals surface area (Å²) in [5.41, 5.74) is 2.99. The van der Waals surface area contributed by atoms with Crippen LogP contribution < -0.4 is 9.47 Å². The molecular formula is C23H19ClN4O2S. The van der Waals surface area contributed by atoms with Gasteiger partial charge >= 0.3 is 0 Å². The first-order chi connectivity index (χ1) is 15.3. The van der Waals surface area contributed by atoms with Gasteiger partial charge < -0.3 is 9.47 Å². The minimum Gasteiger partial charge on any atom is -0.489 e. The summed E-state index contributed by atoms with van der Waals surface area (Å²) in [5, 5.41) is 10.3. The van der Waals surface area contributed by atoms with Gasteiger partial charge in [0, 0.05) is 35.8 Å². The first-order valence-electron chi connectivity index (χ1n) is 9.91. The number of halogens is 1. The summed E-state index contributed by atoms with van der Waals surface area (Å²) in [7, 11) is 0. The molecule has 1 aliphatic heterocycles. The summed E-state index contributed by atoms with van der Waals surface area (Å²) in [6, 6.07) is 17.9. The standard InChI is InChI=1S/C23H19ClN4O2S/c24-19-13-16(14-20-21(19)30-12-4-11-29-20)15-31-23-27-26-22(17-7-9-25-10-8-17)28(23)18-5-2-1-3-6-18/h1-3,5-10,13-14H,4,11-12,15H2. The Kier molecular flexibility index (Phi) is 5.78. The van der Waals surface area contributed by atoms with Crippen molar-refractivity contribution in [3.63, 3.8) is 0 Å². The molecule has 0 amide bonds. The number of fused-ring (bicyclic) bond motifs is 1. The number of thioether (sulfide) groups is 1. The highest BCUT2D eigenvalue weighted by atomic mass is 35.5. The first kappa shape index (κ1) is 19.9. The summed E-state index contributed by atoms with van der Waals surface area (Å²) >= 11 is 8.05.